The molecule has 0 aliphatic heterocycles. The van der Waals surface area contributed by atoms with Crippen molar-refractivity contribution in [3.8, 4) is 0 Å². The predicted octanol–water partition coefficient (Wildman–Crippen LogP) is 2.17. The largest absolute Gasteiger partial charge is 0.442 e. The monoisotopic (exact) mass is 354 g/mol. The van der Waals surface area contributed by atoms with Gasteiger partial charge in [-0.2, -0.15) is 0 Å². The van der Waals surface area contributed by atoms with Gasteiger partial charge in [0.15, 0.2) is 0 Å². The Hall–Kier alpha value is -2.93. The molecule has 0 radical (unpaired) electrons. The molecule has 1 amide bonds. The Balaban J connectivity index is 1.85. The number of nitrogens with zero attached hydrogens (tertiary/aromatic N) is 2. The normalized spacial score (nSPS) is 12.5. The van der Waals surface area contributed by atoms with Gasteiger partial charge in [0.2, 0.25) is 5.71 Å². The molecule has 0 aliphatic carbocycles. The van der Waals surface area contributed by atoms with Crippen molar-refractivity contribution in [3.05, 3.63) is 63.4 Å². The van der Waals surface area contributed by atoms with Gasteiger partial charge in [-0.25, -0.2) is 4.98 Å². The molecule has 0 saturated carbocycles. The van der Waals surface area contributed by atoms with Gasteiger partial charge in [0.25, 0.3) is 11.5 Å². The number of furan rings is 1. The lowest BCUT2D eigenvalue weighted by Crippen LogP contribution is -2.35. The number of amides is 1. The lowest BCUT2D eigenvalue weighted by molar-refractivity contribution is 0.0941. The third-order valence-corrected chi connectivity index (χ3v) is 4.44. The van der Waals surface area contributed by atoms with Crippen molar-refractivity contribution >= 4 is 17.0 Å². The number of carbonyl (C=O) groups is 1. The van der Waals surface area contributed by atoms with Crippen LogP contribution in [-0.2, 0) is 0 Å². The zero-order chi connectivity index (χ0) is 18.8. The first kappa shape index (κ1) is 17.9. The molecule has 7 nitrogen and oxygen atoms in total. The van der Waals surface area contributed by atoms with Crippen LogP contribution in [0.25, 0.3) is 11.1 Å². The van der Waals surface area contributed by atoms with Gasteiger partial charge in [0.05, 0.1) is 17.9 Å². The van der Waals surface area contributed by atoms with E-state index >= 15 is 0 Å². The number of rotatable bonds is 5. The fourth-order valence-electron chi connectivity index (χ4n) is 2.99. The molecule has 3 aromatic rings. The zero-order valence-electron chi connectivity index (χ0n) is 15.3. The van der Waals surface area contributed by atoms with E-state index in [1.807, 2.05) is 38.1 Å². The minimum Gasteiger partial charge on any atom is -0.442 e. The first-order valence-electron chi connectivity index (χ1n) is 8.36. The molecule has 0 bridgehead atoms. The third kappa shape index (κ3) is 3.39. The van der Waals surface area contributed by atoms with Gasteiger partial charge >= 0.3 is 0 Å². The standard InChI is InChI=1S/C19H22N4O3/c1-11-5-7-13(8-6-11)14(23(3)4)9-20-17(24)15-12(2)26-19-16(15)18(25)21-10-22-19/h5-8,10,14H,9H2,1-4H3,(H,20,24)(H,21,22,25)/t14-/m1/s1. The van der Waals surface area contributed by atoms with Crippen molar-refractivity contribution in [3.63, 3.8) is 0 Å². The number of aromatic nitrogens is 2. The van der Waals surface area contributed by atoms with Crippen LogP contribution in [0.3, 0.4) is 0 Å². The first-order chi connectivity index (χ1) is 12.4. The summed E-state index contributed by atoms with van der Waals surface area (Å²) < 4.78 is 5.45. The van der Waals surface area contributed by atoms with Crippen molar-refractivity contribution in [1.82, 2.24) is 20.2 Å². The number of nitrogens with one attached hydrogen (secondary N) is 2. The van der Waals surface area contributed by atoms with Crippen LogP contribution in [0, 0.1) is 13.8 Å². The van der Waals surface area contributed by atoms with E-state index in [9.17, 15) is 9.59 Å². The van der Waals surface area contributed by atoms with E-state index in [4.69, 9.17) is 4.42 Å². The predicted molar refractivity (Wildman–Crippen MR) is 99.3 cm³/mol. The second-order valence-corrected chi connectivity index (χ2v) is 6.55. The van der Waals surface area contributed by atoms with Crippen LogP contribution in [0.1, 0.15) is 33.3 Å². The number of likely N-dealkylation sites (N-methyl/N-ethyl adjacent to an activating group) is 1. The highest BCUT2D eigenvalue weighted by Crippen LogP contribution is 2.21. The molecular weight excluding hydrogens is 332 g/mol. The lowest BCUT2D eigenvalue weighted by atomic mass is 10.0. The van der Waals surface area contributed by atoms with Crippen LogP contribution in [0.2, 0.25) is 0 Å². The van der Waals surface area contributed by atoms with Crippen molar-refractivity contribution in [1.29, 1.82) is 0 Å². The molecule has 26 heavy (non-hydrogen) atoms. The number of carbonyl (C=O) groups excluding carboxylic acids is 1. The summed E-state index contributed by atoms with van der Waals surface area (Å²) in [6.45, 7) is 4.09. The third-order valence-electron chi connectivity index (χ3n) is 4.44. The van der Waals surface area contributed by atoms with Gasteiger partial charge in [-0.15, -0.1) is 0 Å². The molecule has 7 heteroatoms. The lowest BCUT2D eigenvalue weighted by Gasteiger charge is -2.25. The molecule has 2 heterocycles. The highest BCUT2D eigenvalue weighted by molar-refractivity contribution is 6.06. The number of hydrogen-bond donors (Lipinski definition) is 2. The van der Waals surface area contributed by atoms with E-state index < -0.39 is 0 Å². The van der Waals surface area contributed by atoms with Crippen molar-refractivity contribution in [2.75, 3.05) is 20.6 Å². The number of aromatic amines is 1. The van der Waals surface area contributed by atoms with E-state index in [2.05, 4.69) is 27.4 Å². The molecular formula is C19H22N4O3. The smallest absolute Gasteiger partial charge is 0.262 e. The van der Waals surface area contributed by atoms with Crippen LogP contribution in [0.15, 0.2) is 39.8 Å². The molecule has 1 aromatic carbocycles. The van der Waals surface area contributed by atoms with Crippen LogP contribution >= 0.6 is 0 Å². The highest BCUT2D eigenvalue weighted by Gasteiger charge is 2.23. The maximum atomic E-state index is 12.7. The number of fused-ring (bicyclic) bond motifs is 1. The summed E-state index contributed by atoms with van der Waals surface area (Å²) in [6.07, 6.45) is 1.26. The van der Waals surface area contributed by atoms with Crippen LogP contribution in [0.4, 0.5) is 0 Å². The van der Waals surface area contributed by atoms with Crippen molar-refractivity contribution in [2.24, 2.45) is 0 Å². The van der Waals surface area contributed by atoms with E-state index in [0.717, 1.165) is 5.56 Å². The summed E-state index contributed by atoms with van der Waals surface area (Å²) in [5.41, 5.74) is 2.30. The number of hydrogen-bond acceptors (Lipinski definition) is 5. The Bertz CT molecular complexity index is 986. The molecule has 2 aromatic heterocycles. The molecule has 0 saturated heterocycles. The van der Waals surface area contributed by atoms with Gasteiger partial charge in [-0.05, 0) is 33.5 Å². The first-order valence-corrected chi connectivity index (χ1v) is 8.36. The molecule has 0 unspecified atom stereocenters. The number of benzene rings is 1. The van der Waals surface area contributed by atoms with E-state index in [1.165, 1.54) is 11.9 Å². The molecule has 3 rings (SSSR count). The summed E-state index contributed by atoms with van der Waals surface area (Å²) >= 11 is 0. The summed E-state index contributed by atoms with van der Waals surface area (Å²) in [6, 6.07) is 8.21. The van der Waals surface area contributed by atoms with Gasteiger partial charge in [-0.1, -0.05) is 29.8 Å². The topological polar surface area (TPSA) is 91.2 Å². The van der Waals surface area contributed by atoms with Gasteiger partial charge in [0, 0.05) is 6.54 Å². The Labute approximate surface area is 151 Å². The van der Waals surface area contributed by atoms with Crippen molar-refractivity contribution < 1.29 is 9.21 Å². The Morgan fingerprint density at radius 2 is 1.96 bits per heavy atom. The SMILES string of the molecule is Cc1ccc([C@@H](CNC(=O)c2c(C)oc3nc[nH]c(=O)c23)N(C)C)cc1. The second kappa shape index (κ2) is 7.13. The summed E-state index contributed by atoms with van der Waals surface area (Å²) in [5.74, 6) is 0.0251. The van der Waals surface area contributed by atoms with Crippen molar-refractivity contribution in [2.45, 2.75) is 19.9 Å². The molecule has 1 atom stereocenters. The van der Waals surface area contributed by atoms with E-state index in [1.54, 1.807) is 6.92 Å². The van der Waals surface area contributed by atoms with E-state index in [0.29, 0.717) is 12.3 Å². The van der Waals surface area contributed by atoms with Crippen LogP contribution in [-0.4, -0.2) is 41.4 Å². The maximum absolute atomic E-state index is 12.7. The van der Waals surface area contributed by atoms with Gasteiger partial charge in [-0.3, -0.25) is 9.59 Å². The highest BCUT2D eigenvalue weighted by atomic mass is 16.3. The summed E-state index contributed by atoms with van der Waals surface area (Å²) in [5, 5.41) is 3.10. The molecule has 2 N–H and O–H groups in total. The minimum absolute atomic E-state index is 0.00873. The zero-order valence-corrected chi connectivity index (χ0v) is 15.3. The van der Waals surface area contributed by atoms with Gasteiger partial charge in [0.1, 0.15) is 11.1 Å². The summed E-state index contributed by atoms with van der Waals surface area (Å²) in [4.78, 5) is 33.3. The fraction of sp³-hybridized carbons (Fsp3) is 0.316. The summed E-state index contributed by atoms with van der Waals surface area (Å²) in [7, 11) is 3.92. The maximum Gasteiger partial charge on any atom is 0.262 e. The van der Waals surface area contributed by atoms with Crippen LogP contribution < -0.4 is 10.9 Å². The molecule has 0 aliphatic rings. The van der Waals surface area contributed by atoms with Gasteiger partial charge < -0.3 is 19.6 Å². The van der Waals surface area contributed by atoms with Crippen LogP contribution in [0.5, 0.6) is 0 Å². The Morgan fingerprint density at radius 1 is 1.27 bits per heavy atom. The minimum atomic E-state index is -0.389. The van der Waals surface area contributed by atoms with E-state index in [-0.39, 0.29) is 34.2 Å². The number of aryl methyl sites for hydroxylation is 2. The Kier molecular flexibility index (Phi) is 4.90. The Morgan fingerprint density at radius 3 is 2.62 bits per heavy atom. The fourth-order valence-corrected chi connectivity index (χ4v) is 2.99. The average molecular weight is 354 g/mol. The quantitative estimate of drug-likeness (QED) is 0.733. The molecule has 0 fully saturated rings. The average Bonchev–Trinajstić information content (AvgIpc) is 2.93. The second-order valence-electron chi connectivity index (χ2n) is 6.55. The number of H-pyrrole nitrogens is 1. The molecule has 0 spiro atoms. The molecule has 136 valence electrons.